The predicted octanol–water partition coefficient (Wildman–Crippen LogP) is 3.22. The third kappa shape index (κ3) is 1.97. The SMILES string of the molecule is CN(C)C12CC(O)C(C(c3ccco3)C1)C(c1ccco1)C2. The van der Waals surface area contributed by atoms with Crippen LogP contribution in [0.5, 0.6) is 0 Å². The summed E-state index contributed by atoms with van der Waals surface area (Å²) < 4.78 is 11.4. The van der Waals surface area contributed by atoms with E-state index in [0.717, 1.165) is 30.8 Å². The van der Waals surface area contributed by atoms with E-state index in [9.17, 15) is 5.11 Å². The largest absolute Gasteiger partial charge is 0.469 e. The summed E-state index contributed by atoms with van der Waals surface area (Å²) in [7, 11) is 4.24. The molecular weight excluding hydrogens is 278 g/mol. The van der Waals surface area contributed by atoms with Crippen LogP contribution in [0.1, 0.15) is 42.6 Å². The van der Waals surface area contributed by atoms with Crippen molar-refractivity contribution >= 4 is 0 Å². The molecule has 3 aliphatic carbocycles. The van der Waals surface area contributed by atoms with Gasteiger partial charge in [0.15, 0.2) is 0 Å². The second kappa shape index (κ2) is 5.00. The maximum absolute atomic E-state index is 10.8. The number of aliphatic hydroxyl groups is 1. The molecule has 0 amide bonds. The second-order valence-corrected chi connectivity index (χ2v) is 7.12. The summed E-state index contributed by atoms with van der Waals surface area (Å²) in [4.78, 5) is 2.29. The van der Waals surface area contributed by atoms with Crippen LogP contribution in [0.15, 0.2) is 45.6 Å². The number of fused-ring (bicyclic) bond motifs is 3. The third-order valence-electron chi connectivity index (χ3n) is 5.93. The van der Waals surface area contributed by atoms with Gasteiger partial charge in [-0.05, 0) is 57.6 Å². The average molecular weight is 301 g/mol. The summed E-state index contributed by atoms with van der Waals surface area (Å²) >= 11 is 0. The van der Waals surface area contributed by atoms with Crippen LogP contribution in [0.25, 0.3) is 0 Å². The second-order valence-electron chi connectivity index (χ2n) is 7.12. The normalized spacial score (nSPS) is 37.8. The van der Waals surface area contributed by atoms with Gasteiger partial charge in [0.25, 0.3) is 0 Å². The fourth-order valence-electron chi connectivity index (χ4n) is 4.82. The smallest absolute Gasteiger partial charge is 0.107 e. The van der Waals surface area contributed by atoms with Gasteiger partial charge in [-0.2, -0.15) is 0 Å². The Labute approximate surface area is 130 Å². The topological polar surface area (TPSA) is 49.8 Å². The maximum atomic E-state index is 10.8. The molecule has 3 atom stereocenters. The highest BCUT2D eigenvalue weighted by atomic mass is 16.3. The lowest BCUT2D eigenvalue weighted by Gasteiger charge is -2.58. The third-order valence-corrected chi connectivity index (χ3v) is 5.93. The van der Waals surface area contributed by atoms with Crippen LogP contribution in [0.3, 0.4) is 0 Å². The van der Waals surface area contributed by atoms with E-state index < -0.39 is 0 Å². The minimum absolute atomic E-state index is 0.00306. The molecule has 0 spiro atoms. The van der Waals surface area contributed by atoms with Crippen molar-refractivity contribution in [3.63, 3.8) is 0 Å². The molecule has 2 heterocycles. The first-order valence-corrected chi connectivity index (χ1v) is 8.03. The van der Waals surface area contributed by atoms with Crippen molar-refractivity contribution in [3.8, 4) is 0 Å². The number of nitrogens with zero attached hydrogens (tertiary/aromatic N) is 1. The Morgan fingerprint density at radius 3 is 1.95 bits per heavy atom. The van der Waals surface area contributed by atoms with Crippen molar-refractivity contribution < 1.29 is 13.9 Å². The standard InChI is InChI=1S/C18H23NO3/c1-19(2)18-9-12(15-5-3-7-21-15)17(14(20)11-18)13(10-18)16-6-4-8-22-16/h3-8,12-14,17,20H,9-11H2,1-2H3. The zero-order valence-electron chi connectivity index (χ0n) is 13.1. The van der Waals surface area contributed by atoms with Crippen LogP contribution in [-0.2, 0) is 0 Å². The fourth-order valence-corrected chi connectivity index (χ4v) is 4.82. The Kier molecular flexibility index (Phi) is 3.20. The highest BCUT2D eigenvalue weighted by Crippen LogP contribution is 2.59. The molecule has 3 aliphatic rings. The first-order chi connectivity index (χ1) is 10.6. The van der Waals surface area contributed by atoms with E-state index in [2.05, 4.69) is 19.0 Å². The molecule has 0 radical (unpaired) electrons. The van der Waals surface area contributed by atoms with E-state index in [1.807, 2.05) is 24.3 Å². The van der Waals surface area contributed by atoms with Gasteiger partial charge >= 0.3 is 0 Å². The molecule has 0 aliphatic heterocycles. The Bertz CT molecular complexity index is 573. The first-order valence-electron chi connectivity index (χ1n) is 8.03. The van der Waals surface area contributed by atoms with Gasteiger partial charge in [-0.3, -0.25) is 0 Å². The molecule has 3 fully saturated rings. The van der Waals surface area contributed by atoms with Gasteiger partial charge in [-0.15, -0.1) is 0 Å². The maximum Gasteiger partial charge on any atom is 0.107 e. The van der Waals surface area contributed by atoms with Gasteiger partial charge in [-0.1, -0.05) is 0 Å². The molecule has 2 aromatic heterocycles. The highest BCUT2D eigenvalue weighted by Gasteiger charge is 2.57. The predicted molar refractivity (Wildman–Crippen MR) is 82.7 cm³/mol. The minimum atomic E-state index is -0.324. The number of hydrogen-bond donors (Lipinski definition) is 1. The zero-order valence-corrected chi connectivity index (χ0v) is 13.1. The van der Waals surface area contributed by atoms with Crippen LogP contribution < -0.4 is 0 Å². The Hall–Kier alpha value is -1.52. The Balaban J connectivity index is 1.79. The molecule has 5 rings (SSSR count). The molecule has 3 saturated carbocycles. The summed E-state index contributed by atoms with van der Waals surface area (Å²) in [6, 6.07) is 7.96. The average Bonchev–Trinajstić information content (AvgIpc) is 3.20. The molecule has 2 bridgehead atoms. The van der Waals surface area contributed by atoms with Crippen molar-refractivity contribution in [1.82, 2.24) is 4.90 Å². The molecule has 2 aromatic rings. The molecule has 4 heteroatoms. The van der Waals surface area contributed by atoms with Crippen LogP contribution in [0, 0.1) is 5.92 Å². The van der Waals surface area contributed by atoms with Crippen LogP contribution in [0.4, 0.5) is 0 Å². The number of furan rings is 2. The lowest BCUT2D eigenvalue weighted by molar-refractivity contribution is -0.0975. The molecule has 3 unspecified atom stereocenters. The summed E-state index contributed by atoms with van der Waals surface area (Å²) in [6.45, 7) is 0. The van der Waals surface area contributed by atoms with Crippen molar-refractivity contribution in [1.29, 1.82) is 0 Å². The van der Waals surface area contributed by atoms with Gasteiger partial charge in [-0.25, -0.2) is 0 Å². The summed E-state index contributed by atoms with van der Waals surface area (Å²) in [5.41, 5.74) is 0.00306. The quantitative estimate of drug-likeness (QED) is 0.945. The molecule has 118 valence electrons. The molecule has 0 saturated heterocycles. The van der Waals surface area contributed by atoms with E-state index in [1.54, 1.807) is 12.5 Å². The van der Waals surface area contributed by atoms with Crippen LogP contribution in [0.2, 0.25) is 0 Å². The van der Waals surface area contributed by atoms with Gasteiger partial charge in [0.2, 0.25) is 0 Å². The molecule has 22 heavy (non-hydrogen) atoms. The van der Waals surface area contributed by atoms with Gasteiger partial charge in [0.1, 0.15) is 11.5 Å². The number of rotatable bonds is 3. The van der Waals surface area contributed by atoms with Gasteiger partial charge in [0.05, 0.1) is 18.6 Å². The van der Waals surface area contributed by atoms with E-state index in [-0.39, 0.29) is 29.4 Å². The summed E-state index contributed by atoms with van der Waals surface area (Å²) in [5, 5.41) is 10.8. The Morgan fingerprint density at radius 1 is 1.00 bits per heavy atom. The molecule has 0 aromatic carbocycles. The molecular formula is C18H23NO3. The molecule has 1 N–H and O–H groups in total. The van der Waals surface area contributed by atoms with Gasteiger partial charge in [0, 0.05) is 23.3 Å². The summed E-state index contributed by atoms with van der Waals surface area (Å²) in [5.74, 6) is 2.63. The van der Waals surface area contributed by atoms with Crippen molar-refractivity contribution in [3.05, 3.63) is 48.3 Å². The summed E-state index contributed by atoms with van der Waals surface area (Å²) in [6.07, 6.45) is 6.04. The van der Waals surface area contributed by atoms with Gasteiger partial charge < -0.3 is 18.8 Å². The van der Waals surface area contributed by atoms with E-state index in [0.29, 0.717) is 0 Å². The fraction of sp³-hybridized carbons (Fsp3) is 0.556. The lowest BCUT2D eigenvalue weighted by Crippen LogP contribution is -2.60. The van der Waals surface area contributed by atoms with E-state index >= 15 is 0 Å². The van der Waals surface area contributed by atoms with Crippen LogP contribution in [-0.4, -0.2) is 35.7 Å². The number of hydrogen-bond acceptors (Lipinski definition) is 4. The Morgan fingerprint density at radius 2 is 1.55 bits per heavy atom. The number of aliphatic hydroxyl groups excluding tert-OH is 1. The van der Waals surface area contributed by atoms with E-state index in [1.165, 1.54) is 0 Å². The lowest BCUT2D eigenvalue weighted by atomic mass is 9.53. The first kappa shape index (κ1) is 14.1. The monoisotopic (exact) mass is 301 g/mol. The highest BCUT2D eigenvalue weighted by molar-refractivity contribution is 5.25. The zero-order chi connectivity index (χ0) is 15.3. The van der Waals surface area contributed by atoms with Crippen molar-refractivity contribution in [2.24, 2.45) is 5.92 Å². The minimum Gasteiger partial charge on any atom is -0.469 e. The van der Waals surface area contributed by atoms with Crippen molar-refractivity contribution in [2.45, 2.75) is 42.7 Å². The van der Waals surface area contributed by atoms with Crippen LogP contribution >= 0.6 is 0 Å². The van der Waals surface area contributed by atoms with Crippen molar-refractivity contribution in [2.75, 3.05) is 14.1 Å². The van der Waals surface area contributed by atoms with E-state index in [4.69, 9.17) is 8.83 Å². The molecule has 4 nitrogen and oxygen atoms in total.